The van der Waals surface area contributed by atoms with Crippen molar-refractivity contribution >= 4 is 5.91 Å². The van der Waals surface area contributed by atoms with Crippen LogP contribution in [0.3, 0.4) is 0 Å². The van der Waals surface area contributed by atoms with E-state index in [9.17, 15) is 4.79 Å². The Hall–Kier alpha value is -2.33. The average Bonchev–Trinajstić information content (AvgIpc) is 2.68. The molecule has 25 heavy (non-hydrogen) atoms. The molecule has 3 rings (SSSR count). The molecule has 4 nitrogen and oxygen atoms in total. The first-order valence-corrected chi connectivity index (χ1v) is 8.94. The highest BCUT2D eigenvalue weighted by Crippen LogP contribution is 2.25. The van der Waals surface area contributed by atoms with E-state index in [1.807, 2.05) is 29.2 Å². The summed E-state index contributed by atoms with van der Waals surface area (Å²) in [6, 6.07) is 16.5. The first-order valence-electron chi connectivity index (χ1n) is 8.94. The highest BCUT2D eigenvalue weighted by molar-refractivity contribution is 5.80. The summed E-state index contributed by atoms with van der Waals surface area (Å²) in [4.78, 5) is 15.0. The molecule has 1 amide bonds. The van der Waals surface area contributed by atoms with Crippen LogP contribution in [0.15, 0.2) is 48.5 Å². The maximum absolute atomic E-state index is 13.0. The van der Waals surface area contributed by atoms with Gasteiger partial charge >= 0.3 is 0 Å². The van der Waals surface area contributed by atoms with E-state index < -0.39 is 0 Å². The van der Waals surface area contributed by atoms with Gasteiger partial charge in [0, 0.05) is 25.2 Å². The predicted molar refractivity (Wildman–Crippen MR) is 99.8 cm³/mol. The van der Waals surface area contributed by atoms with E-state index in [1.165, 1.54) is 11.1 Å². The fourth-order valence-electron chi connectivity index (χ4n) is 3.39. The lowest BCUT2D eigenvalue weighted by Gasteiger charge is -2.37. The van der Waals surface area contributed by atoms with Crippen LogP contribution in [0.2, 0.25) is 0 Å². The lowest BCUT2D eigenvalue weighted by atomic mass is 10.00. The molecule has 0 bridgehead atoms. The molecule has 1 fully saturated rings. The Morgan fingerprint density at radius 2 is 1.96 bits per heavy atom. The van der Waals surface area contributed by atoms with Crippen molar-refractivity contribution in [1.29, 1.82) is 0 Å². The van der Waals surface area contributed by atoms with Gasteiger partial charge in [0.25, 0.3) is 0 Å². The molecule has 1 aliphatic rings. The van der Waals surface area contributed by atoms with E-state index in [4.69, 9.17) is 4.74 Å². The third kappa shape index (κ3) is 4.02. The normalized spacial score (nSPS) is 17.4. The minimum absolute atomic E-state index is 0.0851. The number of methoxy groups -OCH3 is 1. The third-order valence-electron chi connectivity index (χ3n) is 4.87. The number of aryl methyl sites for hydroxylation is 1. The van der Waals surface area contributed by atoms with Crippen LogP contribution in [-0.2, 0) is 17.6 Å². The molecule has 2 aromatic rings. The summed E-state index contributed by atoms with van der Waals surface area (Å²) in [5.41, 5.74) is 3.45. The second-order valence-corrected chi connectivity index (χ2v) is 6.39. The van der Waals surface area contributed by atoms with E-state index in [-0.39, 0.29) is 11.9 Å². The summed E-state index contributed by atoms with van der Waals surface area (Å²) < 4.78 is 5.39. The van der Waals surface area contributed by atoms with Crippen LogP contribution in [0.25, 0.3) is 0 Å². The van der Waals surface area contributed by atoms with Crippen LogP contribution >= 0.6 is 0 Å². The molecule has 0 saturated carbocycles. The number of nitrogens with zero attached hydrogens (tertiary/aromatic N) is 1. The van der Waals surface area contributed by atoms with Crippen molar-refractivity contribution in [2.45, 2.75) is 25.8 Å². The van der Waals surface area contributed by atoms with Crippen molar-refractivity contribution in [2.75, 3.05) is 26.7 Å². The fraction of sp³-hybridized carbons (Fsp3) is 0.381. The third-order valence-corrected chi connectivity index (χ3v) is 4.87. The topological polar surface area (TPSA) is 41.6 Å². The molecule has 4 heteroatoms. The molecule has 2 aromatic carbocycles. The van der Waals surface area contributed by atoms with Crippen molar-refractivity contribution in [3.05, 3.63) is 65.2 Å². The van der Waals surface area contributed by atoms with Gasteiger partial charge in [-0.2, -0.15) is 0 Å². The van der Waals surface area contributed by atoms with Crippen LogP contribution in [0.4, 0.5) is 0 Å². The number of hydrogen-bond acceptors (Lipinski definition) is 3. The smallest absolute Gasteiger partial charge is 0.227 e. The Kier molecular flexibility index (Phi) is 5.71. The number of para-hydroxylation sites is 1. The number of carbonyl (C=O) groups is 1. The van der Waals surface area contributed by atoms with Crippen molar-refractivity contribution in [2.24, 2.45) is 0 Å². The van der Waals surface area contributed by atoms with Crippen molar-refractivity contribution in [1.82, 2.24) is 10.2 Å². The lowest BCUT2D eigenvalue weighted by molar-refractivity contribution is -0.133. The van der Waals surface area contributed by atoms with Gasteiger partial charge in [0.15, 0.2) is 0 Å². The second-order valence-electron chi connectivity index (χ2n) is 6.39. The number of ether oxygens (including phenoxy) is 1. The summed E-state index contributed by atoms with van der Waals surface area (Å²) in [5.74, 6) is 0.922. The average molecular weight is 338 g/mol. The minimum Gasteiger partial charge on any atom is -0.496 e. The monoisotopic (exact) mass is 338 g/mol. The Morgan fingerprint density at radius 1 is 1.20 bits per heavy atom. The molecular formula is C21H26N2O2. The van der Waals surface area contributed by atoms with Crippen LogP contribution in [0, 0.1) is 0 Å². The molecule has 0 spiro atoms. The second kappa shape index (κ2) is 8.17. The van der Waals surface area contributed by atoms with Gasteiger partial charge in [-0.3, -0.25) is 4.79 Å². The zero-order valence-electron chi connectivity index (χ0n) is 15.0. The zero-order chi connectivity index (χ0) is 17.6. The first-order chi connectivity index (χ1) is 12.2. The van der Waals surface area contributed by atoms with E-state index >= 15 is 0 Å². The Balaban J connectivity index is 1.78. The fourth-order valence-corrected chi connectivity index (χ4v) is 3.39. The highest BCUT2D eigenvalue weighted by atomic mass is 16.5. The summed E-state index contributed by atoms with van der Waals surface area (Å²) in [5, 5.41) is 3.41. The zero-order valence-corrected chi connectivity index (χ0v) is 15.0. The van der Waals surface area contributed by atoms with Crippen LogP contribution < -0.4 is 10.1 Å². The molecular weight excluding hydrogens is 312 g/mol. The number of benzene rings is 2. The minimum atomic E-state index is 0.0851. The number of amides is 1. The number of carbonyl (C=O) groups excluding carboxylic acids is 1. The van der Waals surface area contributed by atoms with Gasteiger partial charge in [-0.1, -0.05) is 49.4 Å². The number of nitrogens with one attached hydrogen (secondary N) is 1. The summed E-state index contributed by atoms with van der Waals surface area (Å²) >= 11 is 0. The van der Waals surface area contributed by atoms with Crippen molar-refractivity contribution in [3.63, 3.8) is 0 Å². The molecule has 132 valence electrons. The number of rotatable bonds is 5. The summed E-state index contributed by atoms with van der Waals surface area (Å²) in [6.45, 7) is 4.51. The lowest BCUT2D eigenvalue weighted by Crippen LogP contribution is -2.49. The van der Waals surface area contributed by atoms with Crippen LogP contribution in [0.1, 0.15) is 29.7 Å². The van der Waals surface area contributed by atoms with Crippen molar-refractivity contribution in [3.8, 4) is 5.75 Å². The molecule has 1 N–H and O–H groups in total. The van der Waals surface area contributed by atoms with Crippen LogP contribution in [-0.4, -0.2) is 37.6 Å². The Labute approximate surface area is 149 Å². The van der Waals surface area contributed by atoms with Gasteiger partial charge in [-0.25, -0.2) is 0 Å². The molecule has 0 radical (unpaired) electrons. The van der Waals surface area contributed by atoms with Gasteiger partial charge in [-0.15, -0.1) is 0 Å². The van der Waals surface area contributed by atoms with Crippen LogP contribution in [0.5, 0.6) is 5.75 Å². The molecule has 0 aliphatic carbocycles. The molecule has 1 heterocycles. The van der Waals surface area contributed by atoms with E-state index in [0.717, 1.165) is 37.4 Å². The van der Waals surface area contributed by atoms with Crippen molar-refractivity contribution < 1.29 is 9.53 Å². The van der Waals surface area contributed by atoms with Gasteiger partial charge in [-0.05, 0) is 23.6 Å². The number of hydrogen-bond donors (Lipinski definition) is 1. The van der Waals surface area contributed by atoms with E-state index in [0.29, 0.717) is 6.42 Å². The molecule has 1 aliphatic heterocycles. The maximum atomic E-state index is 13.0. The van der Waals surface area contributed by atoms with Gasteiger partial charge in [0.05, 0.1) is 19.6 Å². The molecule has 1 unspecified atom stereocenters. The maximum Gasteiger partial charge on any atom is 0.227 e. The molecule has 1 atom stereocenters. The van der Waals surface area contributed by atoms with Gasteiger partial charge in [0.2, 0.25) is 5.91 Å². The summed E-state index contributed by atoms with van der Waals surface area (Å²) in [7, 11) is 1.65. The summed E-state index contributed by atoms with van der Waals surface area (Å²) in [6.07, 6.45) is 1.40. The van der Waals surface area contributed by atoms with Gasteiger partial charge < -0.3 is 15.0 Å². The predicted octanol–water partition coefficient (Wildman–Crippen LogP) is 2.97. The number of piperazine rings is 1. The Bertz CT molecular complexity index is 712. The molecule has 0 aromatic heterocycles. The van der Waals surface area contributed by atoms with E-state index in [2.05, 4.69) is 36.5 Å². The van der Waals surface area contributed by atoms with Gasteiger partial charge in [0.1, 0.15) is 5.75 Å². The molecule has 1 saturated heterocycles. The first kappa shape index (κ1) is 17.5. The largest absolute Gasteiger partial charge is 0.496 e. The highest BCUT2D eigenvalue weighted by Gasteiger charge is 2.28. The Morgan fingerprint density at radius 3 is 2.68 bits per heavy atom. The quantitative estimate of drug-likeness (QED) is 0.911. The SMILES string of the molecule is CCc1ccc(C2CNCCN2C(=O)Cc2ccccc2OC)cc1. The standard InChI is InChI=1S/C21H26N2O2/c1-3-16-8-10-17(11-9-16)19-15-22-12-13-23(19)21(24)14-18-6-4-5-7-20(18)25-2/h4-11,19,22H,3,12-15H2,1-2H3. The van der Waals surface area contributed by atoms with E-state index in [1.54, 1.807) is 7.11 Å².